The first-order valence-electron chi connectivity index (χ1n) is 7.11. The molecule has 1 heterocycles. The first-order valence-corrected chi connectivity index (χ1v) is 8.31. The van der Waals surface area contributed by atoms with Gasteiger partial charge in [0.25, 0.3) is 0 Å². The van der Waals surface area contributed by atoms with Gasteiger partial charge in [0.2, 0.25) is 11.8 Å². The minimum atomic E-state index is -0.437. The van der Waals surface area contributed by atoms with Crippen LogP contribution in [-0.2, 0) is 9.59 Å². The van der Waals surface area contributed by atoms with Gasteiger partial charge in [-0.3, -0.25) is 9.59 Å². The molecule has 2 rings (SSSR count). The highest BCUT2D eigenvalue weighted by Gasteiger charge is 2.18. The van der Waals surface area contributed by atoms with Crippen LogP contribution in [0.1, 0.15) is 35.5 Å². The van der Waals surface area contributed by atoms with Gasteiger partial charge in [0.05, 0.1) is 18.2 Å². The summed E-state index contributed by atoms with van der Waals surface area (Å²) < 4.78 is 0. The fraction of sp³-hybridized carbons (Fsp3) is 0.312. The highest BCUT2D eigenvalue weighted by Crippen LogP contribution is 2.24. The third-order valence-corrected chi connectivity index (χ3v) is 4.52. The Kier molecular flexibility index (Phi) is 5.74. The normalized spacial score (nSPS) is 11.8. The minimum Gasteiger partial charge on any atom is -0.349 e. The fourth-order valence-electron chi connectivity index (χ4n) is 2.10. The average molecular weight is 352 g/mol. The zero-order chi connectivity index (χ0) is 17.0. The zero-order valence-electron chi connectivity index (χ0n) is 13.1. The smallest absolute Gasteiger partial charge is 0.228 e. The Balaban J connectivity index is 2.10. The second-order valence-electron chi connectivity index (χ2n) is 5.22. The lowest BCUT2D eigenvalue weighted by Gasteiger charge is -2.18. The van der Waals surface area contributed by atoms with Gasteiger partial charge in [0, 0.05) is 16.8 Å². The molecule has 0 bridgehead atoms. The molecule has 2 aromatic rings. The zero-order valence-corrected chi connectivity index (χ0v) is 14.7. The van der Waals surface area contributed by atoms with Crippen molar-refractivity contribution in [3.8, 4) is 0 Å². The molecular formula is C16H18ClN3O2S. The number of anilines is 1. The molecule has 1 unspecified atom stereocenters. The van der Waals surface area contributed by atoms with E-state index in [9.17, 15) is 9.59 Å². The van der Waals surface area contributed by atoms with Gasteiger partial charge in [0.1, 0.15) is 0 Å². The maximum atomic E-state index is 12.3. The molecule has 0 aliphatic heterocycles. The topological polar surface area (TPSA) is 71.1 Å². The van der Waals surface area contributed by atoms with E-state index in [4.69, 9.17) is 11.6 Å². The summed E-state index contributed by atoms with van der Waals surface area (Å²) in [5.41, 5.74) is 1.69. The van der Waals surface area contributed by atoms with E-state index >= 15 is 0 Å². The predicted octanol–water partition coefficient (Wildman–Crippen LogP) is 3.62. The van der Waals surface area contributed by atoms with E-state index in [1.165, 1.54) is 18.3 Å². The number of hydrogen-bond acceptors (Lipinski definition) is 4. The van der Waals surface area contributed by atoms with Crippen molar-refractivity contribution >= 4 is 39.9 Å². The molecule has 0 saturated heterocycles. The summed E-state index contributed by atoms with van der Waals surface area (Å²) in [7, 11) is 0. The summed E-state index contributed by atoms with van der Waals surface area (Å²) in [5, 5.41) is 6.68. The first kappa shape index (κ1) is 17.4. The van der Waals surface area contributed by atoms with E-state index in [0.717, 1.165) is 16.1 Å². The molecule has 5 nitrogen and oxygen atoms in total. The minimum absolute atomic E-state index is 0.109. The van der Waals surface area contributed by atoms with Gasteiger partial charge in [-0.2, -0.15) is 0 Å². The number of hydrogen-bond donors (Lipinski definition) is 2. The molecule has 2 N–H and O–H groups in total. The van der Waals surface area contributed by atoms with Gasteiger partial charge in [-0.1, -0.05) is 23.7 Å². The molecule has 1 atom stereocenters. The van der Waals surface area contributed by atoms with Crippen molar-refractivity contribution in [1.29, 1.82) is 0 Å². The Morgan fingerprint density at radius 1 is 1.35 bits per heavy atom. The van der Waals surface area contributed by atoms with Crippen LogP contribution in [0.25, 0.3) is 0 Å². The lowest BCUT2D eigenvalue weighted by Crippen LogP contribution is -2.29. The molecule has 0 saturated carbocycles. The quantitative estimate of drug-likeness (QED) is 0.864. The van der Waals surface area contributed by atoms with Gasteiger partial charge in [0.15, 0.2) is 5.13 Å². The summed E-state index contributed by atoms with van der Waals surface area (Å²) in [6, 6.07) is 6.67. The average Bonchev–Trinajstić information content (AvgIpc) is 2.75. The molecular weight excluding hydrogens is 334 g/mol. The summed E-state index contributed by atoms with van der Waals surface area (Å²) in [5.74, 6) is -0.416. The molecule has 0 aliphatic rings. The number of nitrogens with one attached hydrogen (secondary N) is 2. The van der Waals surface area contributed by atoms with Gasteiger partial charge in [-0.25, -0.2) is 4.98 Å². The van der Waals surface area contributed by atoms with Gasteiger partial charge < -0.3 is 10.6 Å². The Hall–Kier alpha value is -1.92. The number of carbonyl (C=O) groups excluding carboxylic acids is 2. The number of nitrogens with zero attached hydrogens (tertiary/aromatic N) is 1. The maximum Gasteiger partial charge on any atom is 0.228 e. The van der Waals surface area contributed by atoms with E-state index in [1.54, 1.807) is 18.2 Å². The van der Waals surface area contributed by atoms with Gasteiger partial charge >= 0.3 is 0 Å². The van der Waals surface area contributed by atoms with Crippen LogP contribution in [-0.4, -0.2) is 16.8 Å². The van der Waals surface area contributed by atoms with E-state index < -0.39 is 6.04 Å². The van der Waals surface area contributed by atoms with Gasteiger partial charge in [-0.05, 0) is 31.5 Å². The molecule has 23 heavy (non-hydrogen) atoms. The highest BCUT2D eigenvalue weighted by molar-refractivity contribution is 7.15. The number of halogens is 1. The van der Waals surface area contributed by atoms with Crippen molar-refractivity contribution in [2.24, 2.45) is 0 Å². The lowest BCUT2D eigenvalue weighted by molar-refractivity contribution is -0.120. The molecule has 7 heteroatoms. The Bertz CT molecular complexity index is 710. The third kappa shape index (κ3) is 5.04. The number of rotatable bonds is 5. The lowest BCUT2D eigenvalue weighted by atomic mass is 10.0. The van der Waals surface area contributed by atoms with Crippen LogP contribution in [0.5, 0.6) is 0 Å². The molecule has 1 aromatic heterocycles. The number of benzene rings is 1. The molecule has 2 amide bonds. The van der Waals surface area contributed by atoms with Crippen LogP contribution < -0.4 is 10.6 Å². The molecule has 0 aliphatic carbocycles. The van der Waals surface area contributed by atoms with E-state index in [2.05, 4.69) is 15.6 Å². The second-order valence-corrected chi connectivity index (χ2v) is 6.86. The van der Waals surface area contributed by atoms with Crippen LogP contribution in [0.15, 0.2) is 24.3 Å². The Morgan fingerprint density at radius 3 is 2.65 bits per heavy atom. The molecule has 1 aromatic carbocycles. The summed E-state index contributed by atoms with van der Waals surface area (Å²) in [6.45, 7) is 5.27. The standard InChI is InChI=1S/C16H18ClN3O2S/c1-9-10(2)23-16(18-9)20-15(22)8-14(19-11(3)21)12-5-4-6-13(17)7-12/h4-7,14H,8H2,1-3H3,(H,19,21)(H,18,20,22). The number of aryl methyl sites for hydroxylation is 2. The second kappa shape index (κ2) is 7.57. The molecule has 0 spiro atoms. The van der Waals surface area contributed by atoms with Crippen molar-refractivity contribution in [3.05, 3.63) is 45.4 Å². The summed E-state index contributed by atoms with van der Waals surface area (Å²) >= 11 is 7.42. The fourth-order valence-corrected chi connectivity index (χ4v) is 3.13. The van der Waals surface area contributed by atoms with Crippen molar-refractivity contribution in [3.63, 3.8) is 0 Å². The Morgan fingerprint density at radius 2 is 2.09 bits per heavy atom. The largest absolute Gasteiger partial charge is 0.349 e. The van der Waals surface area contributed by atoms with E-state index in [-0.39, 0.29) is 18.2 Å². The first-order chi connectivity index (χ1) is 10.8. The molecule has 0 fully saturated rings. The number of amides is 2. The van der Waals surface area contributed by atoms with E-state index in [1.807, 2.05) is 19.9 Å². The van der Waals surface area contributed by atoms with Crippen LogP contribution in [0, 0.1) is 13.8 Å². The van der Waals surface area contributed by atoms with Crippen molar-refractivity contribution in [1.82, 2.24) is 10.3 Å². The number of thiazole rings is 1. The third-order valence-electron chi connectivity index (χ3n) is 3.29. The predicted molar refractivity (Wildman–Crippen MR) is 92.8 cm³/mol. The molecule has 0 radical (unpaired) electrons. The van der Waals surface area contributed by atoms with Crippen LogP contribution >= 0.6 is 22.9 Å². The van der Waals surface area contributed by atoms with E-state index in [0.29, 0.717) is 10.2 Å². The monoisotopic (exact) mass is 351 g/mol. The van der Waals surface area contributed by atoms with Crippen molar-refractivity contribution in [2.75, 3.05) is 5.32 Å². The SMILES string of the molecule is CC(=O)NC(CC(=O)Nc1nc(C)c(C)s1)c1cccc(Cl)c1. The number of carbonyl (C=O) groups is 2. The summed E-state index contributed by atoms with van der Waals surface area (Å²) in [6.07, 6.45) is 0.109. The molecule has 122 valence electrons. The highest BCUT2D eigenvalue weighted by atomic mass is 35.5. The van der Waals surface area contributed by atoms with Crippen LogP contribution in [0.3, 0.4) is 0 Å². The van der Waals surface area contributed by atoms with Crippen LogP contribution in [0.2, 0.25) is 5.02 Å². The Labute approximate surface area is 144 Å². The summed E-state index contributed by atoms with van der Waals surface area (Å²) in [4.78, 5) is 29.0. The van der Waals surface area contributed by atoms with Gasteiger partial charge in [-0.15, -0.1) is 11.3 Å². The van der Waals surface area contributed by atoms with Crippen molar-refractivity contribution in [2.45, 2.75) is 33.2 Å². The van der Waals surface area contributed by atoms with Crippen molar-refractivity contribution < 1.29 is 9.59 Å². The maximum absolute atomic E-state index is 12.3. The number of aromatic nitrogens is 1. The van der Waals surface area contributed by atoms with Crippen LogP contribution in [0.4, 0.5) is 5.13 Å².